The van der Waals surface area contributed by atoms with Crippen LogP contribution in [0, 0.1) is 0 Å². The van der Waals surface area contributed by atoms with E-state index >= 15 is 0 Å². The molecular weight excluding hydrogens is 442 g/mol. The molecule has 0 aliphatic rings. The summed E-state index contributed by atoms with van der Waals surface area (Å²) >= 11 is 1.15. The summed E-state index contributed by atoms with van der Waals surface area (Å²) < 4.78 is 7.83. The maximum atomic E-state index is 13.6. The third kappa shape index (κ3) is 4.22. The van der Waals surface area contributed by atoms with Crippen molar-refractivity contribution in [2.75, 3.05) is 0 Å². The van der Waals surface area contributed by atoms with Crippen molar-refractivity contribution in [3.63, 3.8) is 0 Å². The molecule has 4 rings (SSSR count). The van der Waals surface area contributed by atoms with E-state index in [1.807, 2.05) is 0 Å². The predicted molar refractivity (Wildman–Crippen MR) is 119 cm³/mol. The molecule has 0 N–H and O–H groups in total. The molecule has 8 nitrogen and oxygen atoms in total. The molecule has 9 heteroatoms. The number of hydrogen-bond donors (Lipinski definition) is 0. The van der Waals surface area contributed by atoms with E-state index in [-0.39, 0.29) is 17.5 Å². The molecule has 0 fully saturated rings. The van der Waals surface area contributed by atoms with Gasteiger partial charge in [0.2, 0.25) is 0 Å². The Labute approximate surface area is 193 Å². The first-order valence-corrected chi connectivity index (χ1v) is 10.9. The number of fused-ring (bicyclic) bond motifs is 1. The fraction of sp³-hybridized carbons (Fsp3) is 0.167. The van der Waals surface area contributed by atoms with Crippen LogP contribution in [0.2, 0.25) is 0 Å². The summed E-state index contributed by atoms with van der Waals surface area (Å²) in [7, 11) is 0. The molecule has 0 saturated heterocycles. The van der Waals surface area contributed by atoms with Crippen LogP contribution in [0.25, 0.3) is 27.4 Å². The molecule has 168 valence electrons. The highest BCUT2D eigenvalue weighted by atomic mass is 32.1. The standard InChI is InChI=1S/C24H21N3O5S/c1-24(2,3)32-23(31)26-12-17(16-8-4-5-9-18(16)26)21(30)19-14-33-22(27(19)20(29)13-28)15-7-6-10-25-11-15/h4-14H,1-3H3,(H-,28,29)/p-1. The van der Waals surface area contributed by atoms with Crippen LogP contribution in [0.4, 0.5) is 4.79 Å². The lowest BCUT2D eigenvalue weighted by Crippen LogP contribution is -2.44. The zero-order valence-corrected chi connectivity index (χ0v) is 19.0. The van der Waals surface area contributed by atoms with Crippen molar-refractivity contribution in [1.82, 2.24) is 9.55 Å². The second kappa shape index (κ2) is 8.51. The van der Waals surface area contributed by atoms with Crippen molar-refractivity contribution in [3.8, 4) is 10.6 Å². The fourth-order valence-electron chi connectivity index (χ4n) is 3.40. The van der Waals surface area contributed by atoms with Crippen LogP contribution < -0.4 is 14.8 Å². The molecule has 0 unspecified atom stereocenters. The van der Waals surface area contributed by atoms with Gasteiger partial charge in [0.1, 0.15) is 11.5 Å². The molecule has 3 heterocycles. The number of carbonyl (C=O) groups excluding carboxylic acids is 2. The molecule has 0 aliphatic carbocycles. The number of thiazole rings is 1. The van der Waals surface area contributed by atoms with E-state index in [2.05, 4.69) is 4.98 Å². The van der Waals surface area contributed by atoms with Gasteiger partial charge in [0.15, 0.2) is 0 Å². The van der Waals surface area contributed by atoms with Gasteiger partial charge in [0.25, 0.3) is 16.5 Å². The summed E-state index contributed by atoms with van der Waals surface area (Å²) in [5.41, 5.74) is 0.583. The van der Waals surface area contributed by atoms with Crippen molar-refractivity contribution in [2.45, 2.75) is 26.4 Å². The smallest absolute Gasteiger partial charge is 0.419 e. The lowest BCUT2D eigenvalue weighted by molar-refractivity contribution is -0.644. The van der Waals surface area contributed by atoms with Gasteiger partial charge in [-0.15, -0.1) is 0 Å². The van der Waals surface area contributed by atoms with E-state index in [0.717, 1.165) is 15.9 Å². The van der Waals surface area contributed by atoms with Crippen LogP contribution in [0.5, 0.6) is 0 Å². The van der Waals surface area contributed by atoms with Crippen molar-refractivity contribution in [3.05, 3.63) is 77.9 Å². The minimum atomic E-state index is -0.880. The number of pyridine rings is 1. The van der Waals surface area contributed by atoms with Gasteiger partial charge in [-0.25, -0.2) is 4.79 Å². The van der Waals surface area contributed by atoms with E-state index in [4.69, 9.17) is 4.74 Å². The van der Waals surface area contributed by atoms with Crippen LogP contribution in [0.3, 0.4) is 0 Å². The van der Waals surface area contributed by atoms with Gasteiger partial charge in [0, 0.05) is 24.0 Å². The predicted octanol–water partition coefficient (Wildman–Crippen LogP) is 2.54. The molecule has 0 bridgehead atoms. The van der Waals surface area contributed by atoms with Crippen LogP contribution in [0.15, 0.2) is 66.6 Å². The summed E-state index contributed by atoms with van der Waals surface area (Å²) in [5.74, 6) is -1.38. The van der Waals surface area contributed by atoms with E-state index < -0.39 is 23.4 Å². The fourth-order valence-corrected chi connectivity index (χ4v) is 4.39. The van der Waals surface area contributed by atoms with E-state index in [1.54, 1.807) is 69.6 Å². The monoisotopic (exact) mass is 462 g/mol. The van der Waals surface area contributed by atoms with Gasteiger partial charge < -0.3 is 14.9 Å². The Morgan fingerprint density at radius 3 is 2.61 bits per heavy atom. The van der Waals surface area contributed by atoms with Crippen molar-refractivity contribution in [1.29, 1.82) is 0 Å². The number of para-hydroxylation sites is 1. The Morgan fingerprint density at radius 2 is 1.94 bits per heavy atom. The van der Waals surface area contributed by atoms with Crippen molar-refractivity contribution < 1.29 is 29.1 Å². The molecule has 1 aromatic carbocycles. The lowest BCUT2D eigenvalue weighted by Gasteiger charge is -2.19. The quantitative estimate of drug-likeness (QED) is 0.262. The number of aromatic nitrogens is 3. The minimum absolute atomic E-state index is 0.0167. The molecule has 3 aromatic heterocycles. The van der Waals surface area contributed by atoms with Crippen LogP contribution in [-0.4, -0.2) is 27.0 Å². The Morgan fingerprint density at radius 1 is 1.18 bits per heavy atom. The topological polar surface area (TPSA) is 111 Å². The van der Waals surface area contributed by atoms with Gasteiger partial charge in [-0.3, -0.25) is 14.3 Å². The maximum absolute atomic E-state index is 13.6. The Kier molecular flexibility index (Phi) is 5.73. The first-order chi connectivity index (χ1) is 15.7. The molecular formula is C24H20N3O5S-. The average molecular weight is 463 g/mol. The molecule has 0 aliphatic heterocycles. The largest absolute Gasteiger partial charge is 0.874 e. The number of ether oxygens (including phenoxy) is 1. The highest BCUT2D eigenvalue weighted by molar-refractivity contribution is 7.12. The Bertz CT molecular complexity index is 1380. The molecule has 0 atom stereocenters. The zero-order valence-electron chi connectivity index (χ0n) is 18.1. The highest BCUT2D eigenvalue weighted by Gasteiger charge is 2.31. The van der Waals surface area contributed by atoms with Gasteiger partial charge in [-0.2, -0.15) is 4.57 Å². The van der Waals surface area contributed by atoms with E-state index in [0.29, 0.717) is 21.5 Å². The van der Waals surface area contributed by atoms with Crippen LogP contribution in [0.1, 0.15) is 36.8 Å². The Hall–Kier alpha value is -3.98. The normalized spacial score (nSPS) is 12.2. The summed E-state index contributed by atoms with van der Waals surface area (Å²) in [6.07, 6.45) is 4.06. The third-order valence-electron chi connectivity index (χ3n) is 4.74. The molecule has 0 saturated carbocycles. The molecule has 33 heavy (non-hydrogen) atoms. The first-order valence-electron chi connectivity index (χ1n) is 10.0. The van der Waals surface area contributed by atoms with Crippen LogP contribution >= 0.6 is 11.3 Å². The number of nitrogens with zero attached hydrogens (tertiary/aromatic N) is 3. The number of ketones is 1. The number of benzene rings is 1. The first kappa shape index (κ1) is 22.2. The highest BCUT2D eigenvalue weighted by Crippen LogP contribution is 2.28. The maximum Gasteiger partial charge on any atom is 0.419 e. The summed E-state index contributed by atoms with van der Waals surface area (Å²) in [6.45, 7) is 5.26. The minimum Gasteiger partial charge on any atom is -0.874 e. The second-order valence-electron chi connectivity index (χ2n) is 8.20. The van der Waals surface area contributed by atoms with Crippen LogP contribution in [-0.2, 0) is 4.74 Å². The van der Waals surface area contributed by atoms with Crippen molar-refractivity contribution in [2.24, 2.45) is 0 Å². The summed E-state index contributed by atoms with van der Waals surface area (Å²) in [4.78, 5) is 30.4. The Balaban J connectivity index is 1.87. The summed E-state index contributed by atoms with van der Waals surface area (Å²) in [5, 5.41) is 26.3. The zero-order chi connectivity index (χ0) is 23.8. The second-order valence-corrected chi connectivity index (χ2v) is 9.06. The van der Waals surface area contributed by atoms with Gasteiger partial charge >= 0.3 is 6.09 Å². The van der Waals surface area contributed by atoms with E-state index in [1.165, 1.54) is 16.1 Å². The van der Waals surface area contributed by atoms with Gasteiger partial charge in [-0.1, -0.05) is 35.8 Å². The number of hydrogen-bond acceptors (Lipinski definition) is 7. The third-order valence-corrected chi connectivity index (χ3v) is 5.72. The van der Waals surface area contributed by atoms with Gasteiger partial charge in [-0.05, 0) is 39.0 Å². The molecule has 4 aromatic rings. The van der Waals surface area contributed by atoms with E-state index in [9.17, 15) is 19.8 Å². The lowest BCUT2D eigenvalue weighted by atomic mass is 10.1. The summed E-state index contributed by atoms with van der Waals surface area (Å²) in [6, 6.07) is 10.3. The molecule has 0 spiro atoms. The van der Waals surface area contributed by atoms with Gasteiger partial charge in [0.05, 0.1) is 22.0 Å². The number of rotatable bonds is 4. The molecule has 0 radical (unpaired) electrons. The number of carbonyl (C=O) groups is 2. The van der Waals surface area contributed by atoms with Crippen molar-refractivity contribution >= 4 is 40.0 Å². The SMILES string of the molecule is CC(C)(C)OC(=O)n1cc(C(=O)c2csc(-c3cccnc3)[n+]2C([O-])=C[O-])c2ccccc21. The average Bonchev–Trinajstić information content (AvgIpc) is 3.40. The molecule has 0 amide bonds.